The number of rotatable bonds is 5. The lowest BCUT2D eigenvalue weighted by atomic mass is 10.1. The maximum absolute atomic E-state index is 10.8. The first-order valence-corrected chi connectivity index (χ1v) is 6.63. The molecule has 1 aliphatic rings. The van der Waals surface area contributed by atoms with Gasteiger partial charge >= 0.3 is 0 Å². The summed E-state index contributed by atoms with van der Waals surface area (Å²) >= 11 is 0. The lowest BCUT2D eigenvalue weighted by molar-refractivity contribution is -0.120. The van der Waals surface area contributed by atoms with E-state index in [1.807, 2.05) is 0 Å². The molecule has 3 heteroatoms. The summed E-state index contributed by atoms with van der Waals surface area (Å²) in [6.45, 7) is 11.0. The van der Waals surface area contributed by atoms with Crippen molar-refractivity contribution >= 4 is 5.78 Å². The maximum Gasteiger partial charge on any atom is 0.286 e. The molecular formula is C16H23NO2. The Kier molecular flexibility index (Phi) is 9.16. The van der Waals surface area contributed by atoms with Crippen LogP contribution in [0.4, 0.5) is 0 Å². The smallest absolute Gasteiger partial charge is 0.286 e. The average Bonchev–Trinajstić information content (AvgIpc) is 2.82. The number of allylic oxidation sites excluding steroid dienone is 2. The van der Waals surface area contributed by atoms with E-state index in [1.165, 1.54) is 0 Å². The van der Waals surface area contributed by atoms with Crippen LogP contribution in [-0.4, -0.2) is 11.9 Å². The first-order chi connectivity index (χ1) is 9.10. The van der Waals surface area contributed by atoms with E-state index in [-0.39, 0.29) is 6.10 Å². The highest BCUT2D eigenvalue weighted by Crippen LogP contribution is 2.23. The van der Waals surface area contributed by atoms with Crippen LogP contribution in [0.15, 0.2) is 37.0 Å². The highest BCUT2D eigenvalue weighted by Gasteiger charge is 2.21. The Morgan fingerprint density at radius 2 is 2.32 bits per heavy atom. The fourth-order valence-electron chi connectivity index (χ4n) is 1.97. The molecule has 0 heterocycles. The maximum atomic E-state index is 10.8. The van der Waals surface area contributed by atoms with Gasteiger partial charge in [-0.05, 0) is 31.8 Å². The molecule has 1 fully saturated rings. The van der Waals surface area contributed by atoms with Gasteiger partial charge in [0.15, 0.2) is 0 Å². The zero-order valence-corrected chi connectivity index (χ0v) is 11.9. The van der Waals surface area contributed by atoms with Gasteiger partial charge in [0, 0.05) is 12.3 Å². The predicted molar refractivity (Wildman–Crippen MR) is 77.3 cm³/mol. The number of hydrogen-bond acceptors (Lipinski definition) is 3. The molecule has 0 saturated heterocycles. The van der Waals surface area contributed by atoms with E-state index < -0.39 is 0 Å². The topological polar surface area (TPSA) is 50.1 Å². The Balaban J connectivity index is 0.000000356. The molecule has 104 valence electrons. The molecule has 2 atom stereocenters. The Labute approximate surface area is 116 Å². The number of ether oxygens (including phenoxy) is 1. The van der Waals surface area contributed by atoms with Crippen LogP contribution in [0, 0.1) is 17.4 Å². The molecule has 0 aromatic carbocycles. The second kappa shape index (κ2) is 10.1. The fourth-order valence-corrected chi connectivity index (χ4v) is 1.97. The van der Waals surface area contributed by atoms with Gasteiger partial charge in [-0.1, -0.05) is 38.3 Å². The van der Waals surface area contributed by atoms with Crippen molar-refractivity contribution in [3.63, 3.8) is 0 Å². The van der Waals surface area contributed by atoms with Gasteiger partial charge in [-0.3, -0.25) is 4.79 Å². The number of ketones is 1. The summed E-state index contributed by atoms with van der Waals surface area (Å²) < 4.78 is 4.67. The molecule has 0 aliphatic heterocycles. The van der Waals surface area contributed by atoms with E-state index >= 15 is 0 Å². The van der Waals surface area contributed by atoms with Crippen molar-refractivity contribution in [2.24, 2.45) is 5.92 Å². The van der Waals surface area contributed by atoms with Crippen molar-refractivity contribution in [3.8, 4) is 6.26 Å². The average molecular weight is 261 g/mol. The Bertz CT molecular complexity index is 377. The normalized spacial score (nSPS) is 19.7. The van der Waals surface area contributed by atoms with Crippen molar-refractivity contribution in [1.82, 2.24) is 0 Å². The molecule has 19 heavy (non-hydrogen) atoms. The standard InChI is InChI=1S/C9H11NO.C7H12O/c1-4-6-9(5-2)8(3)11-7-10;1-2-6-4-3-5-7(6)8/h4-6,8H,1-2H2,3H3;6H,2-5H2,1H3/b9-6+;. The molecule has 0 radical (unpaired) electrons. The lowest BCUT2D eigenvalue weighted by Crippen LogP contribution is -2.05. The van der Waals surface area contributed by atoms with Crippen LogP contribution in [0.5, 0.6) is 0 Å². The number of carbonyl (C=O) groups is 1. The van der Waals surface area contributed by atoms with Gasteiger partial charge < -0.3 is 4.74 Å². The number of Topliss-reactive ketones (excluding diaryl/α,β-unsaturated/α-hetero) is 1. The largest absolute Gasteiger partial charge is 0.420 e. The van der Waals surface area contributed by atoms with Crippen molar-refractivity contribution in [2.75, 3.05) is 0 Å². The quantitative estimate of drug-likeness (QED) is 0.556. The molecule has 0 amide bonds. The molecule has 2 unspecified atom stereocenters. The minimum absolute atomic E-state index is 0.240. The molecule has 1 saturated carbocycles. The van der Waals surface area contributed by atoms with E-state index in [0.717, 1.165) is 31.3 Å². The van der Waals surface area contributed by atoms with E-state index in [4.69, 9.17) is 5.26 Å². The van der Waals surface area contributed by atoms with Gasteiger partial charge in [0.05, 0.1) is 0 Å². The van der Waals surface area contributed by atoms with Crippen LogP contribution in [0.25, 0.3) is 0 Å². The SMILES string of the molecule is C=C/C=C(\C=C)C(C)OC#N.CCC1CCCC1=O. The van der Waals surface area contributed by atoms with Gasteiger partial charge in [-0.15, -0.1) is 0 Å². The van der Waals surface area contributed by atoms with Crippen LogP contribution in [0.1, 0.15) is 39.5 Å². The molecule has 3 nitrogen and oxygen atoms in total. The Morgan fingerprint density at radius 1 is 1.63 bits per heavy atom. The van der Waals surface area contributed by atoms with E-state index in [9.17, 15) is 4.79 Å². The summed E-state index contributed by atoms with van der Waals surface area (Å²) in [6.07, 6.45) is 10.6. The zero-order valence-electron chi connectivity index (χ0n) is 11.9. The minimum atomic E-state index is -0.240. The molecule has 0 aromatic rings. The second-order valence-corrected chi connectivity index (χ2v) is 4.42. The van der Waals surface area contributed by atoms with Gasteiger partial charge in [0.2, 0.25) is 0 Å². The number of carbonyl (C=O) groups excluding carboxylic acids is 1. The third kappa shape index (κ3) is 6.61. The molecule has 0 aromatic heterocycles. The van der Waals surface area contributed by atoms with Crippen LogP contribution in [-0.2, 0) is 9.53 Å². The van der Waals surface area contributed by atoms with Crippen LogP contribution < -0.4 is 0 Å². The van der Waals surface area contributed by atoms with Gasteiger partial charge in [-0.25, -0.2) is 0 Å². The summed E-state index contributed by atoms with van der Waals surface area (Å²) in [7, 11) is 0. The first kappa shape index (κ1) is 17.2. The van der Waals surface area contributed by atoms with E-state index in [0.29, 0.717) is 11.7 Å². The monoisotopic (exact) mass is 261 g/mol. The second-order valence-electron chi connectivity index (χ2n) is 4.42. The molecular weight excluding hydrogens is 238 g/mol. The van der Waals surface area contributed by atoms with E-state index in [2.05, 4.69) is 24.8 Å². The number of hydrogen-bond donors (Lipinski definition) is 0. The molecule has 0 N–H and O–H groups in total. The minimum Gasteiger partial charge on any atom is -0.420 e. The van der Waals surface area contributed by atoms with Gasteiger partial charge in [0.1, 0.15) is 11.9 Å². The third-order valence-corrected chi connectivity index (χ3v) is 3.17. The summed E-state index contributed by atoms with van der Waals surface area (Å²) in [5, 5.41) is 8.19. The predicted octanol–water partition coefficient (Wildman–Crippen LogP) is 3.94. The Hall–Kier alpha value is -1.82. The van der Waals surface area contributed by atoms with Crippen molar-refractivity contribution in [3.05, 3.63) is 37.0 Å². The highest BCUT2D eigenvalue weighted by molar-refractivity contribution is 5.82. The van der Waals surface area contributed by atoms with Crippen molar-refractivity contribution in [1.29, 1.82) is 5.26 Å². The summed E-state index contributed by atoms with van der Waals surface area (Å²) in [5.41, 5.74) is 0.849. The fraction of sp³-hybridized carbons (Fsp3) is 0.500. The summed E-state index contributed by atoms with van der Waals surface area (Å²) in [6, 6.07) is 0. The molecule has 1 rings (SSSR count). The van der Waals surface area contributed by atoms with E-state index in [1.54, 1.807) is 31.4 Å². The van der Waals surface area contributed by atoms with Crippen LogP contribution in [0.2, 0.25) is 0 Å². The molecule has 0 bridgehead atoms. The number of nitrogens with zero attached hydrogens (tertiary/aromatic N) is 1. The van der Waals surface area contributed by atoms with Crippen molar-refractivity contribution < 1.29 is 9.53 Å². The zero-order chi connectivity index (χ0) is 14.7. The Morgan fingerprint density at radius 3 is 2.63 bits per heavy atom. The molecule has 1 aliphatic carbocycles. The highest BCUT2D eigenvalue weighted by atomic mass is 16.5. The lowest BCUT2D eigenvalue weighted by Gasteiger charge is -2.07. The first-order valence-electron chi connectivity index (χ1n) is 6.63. The van der Waals surface area contributed by atoms with Crippen LogP contribution >= 0.6 is 0 Å². The van der Waals surface area contributed by atoms with Gasteiger partial charge in [-0.2, -0.15) is 5.26 Å². The summed E-state index contributed by atoms with van der Waals surface area (Å²) in [4.78, 5) is 10.8. The third-order valence-electron chi connectivity index (χ3n) is 3.17. The molecule has 0 spiro atoms. The van der Waals surface area contributed by atoms with Crippen LogP contribution in [0.3, 0.4) is 0 Å². The summed E-state index contributed by atoms with van der Waals surface area (Å²) in [5.74, 6) is 0.919. The van der Waals surface area contributed by atoms with Crippen molar-refractivity contribution in [2.45, 2.75) is 45.6 Å². The number of nitriles is 1. The van der Waals surface area contributed by atoms with Gasteiger partial charge in [0.25, 0.3) is 6.26 Å².